The summed E-state index contributed by atoms with van der Waals surface area (Å²) in [4.78, 5) is 12.1. The van der Waals surface area contributed by atoms with Crippen LogP contribution in [0.5, 0.6) is 5.06 Å². The first kappa shape index (κ1) is 14.5. The number of carbonyl (C=O) groups is 1. The van der Waals surface area contributed by atoms with Crippen LogP contribution in [0.15, 0.2) is 24.3 Å². The van der Waals surface area contributed by atoms with Crippen LogP contribution in [0, 0.1) is 0 Å². The number of ether oxygens (including phenoxy) is 2. The van der Waals surface area contributed by atoms with Crippen LogP contribution in [0.25, 0.3) is 11.3 Å². The predicted molar refractivity (Wildman–Crippen MR) is 79.4 cm³/mol. The second kappa shape index (κ2) is 6.52. The molecule has 0 bridgehead atoms. The fourth-order valence-electron chi connectivity index (χ4n) is 1.89. The van der Waals surface area contributed by atoms with Crippen LogP contribution >= 0.6 is 11.5 Å². The molecule has 0 radical (unpaired) electrons. The maximum absolute atomic E-state index is 12.1. The minimum atomic E-state index is -0.396. The van der Waals surface area contributed by atoms with Crippen molar-refractivity contribution in [2.24, 2.45) is 0 Å². The highest BCUT2D eigenvalue weighted by Crippen LogP contribution is 2.34. The van der Waals surface area contributed by atoms with Gasteiger partial charge >= 0.3 is 5.97 Å². The molecule has 20 heavy (non-hydrogen) atoms. The first-order valence-electron chi connectivity index (χ1n) is 6.51. The Hall–Kier alpha value is -1.88. The first-order valence-corrected chi connectivity index (χ1v) is 7.28. The molecule has 0 spiro atoms. The van der Waals surface area contributed by atoms with Gasteiger partial charge < -0.3 is 9.47 Å². The van der Waals surface area contributed by atoms with Crippen molar-refractivity contribution in [3.05, 3.63) is 35.4 Å². The van der Waals surface area contributed by atoms with E-state index >= 15 is 0 Å². The Morgan fingerprint density at radius 3 is 2.50 bits per heavy atom. The molecule has 0 unspecified atom stereocenters. The van der Waals surface area contributed by atoms with Crippen LogP contribution in [0.2, 0.25) is 0 Å². The van der Waals surface area contributed by atoms with Crippen molar-refractivity contribution in [3.8, 4) is 16.3 Å². The van der Waals surface area contributed by atoms with Gasteiger partial charge in [-0.15, -0.1) is 0 Å². The molecule has 0 saturated carbocycles. The maximum Gasteiger partial charge on any atom is 0.345 e. The highest BCUT2D eigenvalue weighted by Gasteiger charge is 2.23. The number of rotatable bonds is 5. The molecule has 0 N–H and O–H groups in total. The lowest BCUT2D eigenvalue weighted by Gasteiger charge is -2.05. The molecule has 2 aromatic rings. The molecule has 0 aliphatic heterocycles. The average Bonchev–Trinajstić information content (AvgIpc) is 2.91. The van der Waals surface area contributed by atoms with E-state index in [1.807, 2.05) is 24.3 Å². The van der Waals surface area contributed by atoms with Gasteiger partial charge in [-0.1, -0.05) is 31.2 Å². The number of hydrogen-bond donors (Lipinski definition) is 0. The van der Waals surface area contributed by atoms with Crippen LogP contribution in [-0.4, -0.2) is 24.1 Å². The van der Waals surface area contributed by atoms with Gasteiger partial charge in [0.05, 0.1) is 13.7 Å². The summed E-state index contributed by atoms with van der Waals surface area (Å²) in [5, 5.41) is 0.484. The Labute approximate surface area is 122 Å². The van der Waals surface area contributed by atoms with Crippen molar-refractivity contribution >= 4 is 17.5 Å². The van der Waals surface area contributed by atoms with Gasteiger partial charge in [0.15, 0.2) is 0 Å². The largest absolute Gasteiger partial charge is 0.486 e. The lowest BCUT2D eigenvalue weighted by molar-refractivity contribution is 0.0524. The van der Waals surface area contributed by atoms with Gasteiger partial charge in [0.2, 0.25) is 5.06 Å². The maximum atomic E-state index is 12.1. The number of nitrogens with zero attached hydrogens (tertiary/aromatic N) is 1. The van der Waals surface area contributed by atoms with Crippen molar-refractivity contribution in [2.75, 3.05) is 13.7 Å². The third kappa shape index (κ3) is 2.82. The average molecular weight is 291 g/mol. The Kier molecular flexibility index (Phi) is 4.74. The van der Waals surface area contributed by atoms with Crippen molar-refractivity contribution in [1.29, 1.82) is 0 Å². The summed E-state index contributed by atoms with van der Waals surface area (Å²) in [7, 11) is 1.53. The van der Waals surface area contributed by atoms with E-state index in [0.717, 1.165) is 23.5 Å². The quantitative estimate of drug-likeness (QED) is 0.790. The normalized spacial score (nSPS) is 10.3. The van der Waals surface area contributed by atoms with Gasteiger partial charge in [0.25, 0.3) is 0 Å². The number of esters is 1. The Morgan fingerprint density at radius 2 is 1.95 bits per heavy atom. The smallest absolute Gasteiger partial charge is 0.345 e. The summed E-state index contributed by atoms with van der Waals surface area (Å²) in [6.07, 6.45) is 0.978. The Balaban J connectivity index is 2.44. The van der Waals surface area contributed by atoms with E-state index in [2.05, 4.69) is 11.3 Å². The Morgan fingerprint density at radius 1 is 1.25 bits per heavy atom. The minimum Gasteiger partial charge on any atom is -0.486 e. The number of benzene rings is 1. The van der Waals surface area contributed by atoms with E-state index in [0.29, 0.717) is 22.9 Å². The number of carbonyl (C=O) groups excluding carboxylic acids is 1. The second-order valence-corrected chi connectivity index (χ2v) is 4.90. The van der Waals surface area contributed by atoms with E-state index in [-0.39, 0.29) is 0 Å². The van der Waals surface area contributed by atoms with E-state index < -0.39 is 5.97 Å². The molecule has 0 aliphatic rings. The summed E-state index contributed by atoms with van der Waals surface area (Å²) < 4.78 is 14.6. The molecular formula is C15H17NO3S. The number of methoxy groups -OCH3 is 1. The molecule has 1 heterocycles. The topological polar surface area (TPSA) is 48.4 Å². The summed E-state index contributed by atoms with van der Waals surface area (Å²) in [5.41, 5.74) is 3.16. The summed E-state index contributed by atoms with van der Waals surface area (Å²) in [6.45, 7) is 4.21. The van der Waals surface area contributed by atoms with Crippen molar-refractivity contribution in [1.82, 2.24) is 4.37 Å². The van der Waals surface area contributed by atoms with Gasteiger partial charge in [-0.25, -0.2) is 4.79 Å². The first-order chi connectivity index (χ1) is 9.71. The molecule has 0 atom stereocenters. The summed E-state index contributed by atoms with van der Waals surface area (Å²) in [6, 6.07) is 8.01. The molecule has 0 fully saturated rings. The third-order valence-electron chi connectivity index (χ3n) is 2.96. The van der Waals surface area contributed by atoms with Gasteiger partial charge in [-0.3, -0.25) is 0 Å². The highest BCUT2D eigenvalue weighted by atomic mass is 32.1. The fourth-order valence-corrected chi connectivity index (χ4v) is 2.61. The Bertz CT molecular complexity index is 590. The highest BCUT2D eigenvalue weighted by molar-refractivity contribution is 7.08. The van der Waals surface area contributed by atoms with Crippen molar-refractivity contribution in [2.45, 2.75) is 20.3 Å². The van der Waals surface area contributed by atoms with Crippen molar-refractivity contribution < 1.29 is 14.3 Å². The third-order valence-corrected chi connectivity index (χ3v) is 3.77. The number of aromatic nitrogens is 1. The molecule has 1 aromatic carbocycles. The molecule has 0 amide bonds. The van der Waals surface area contributed by atoms with E-state index in [1.54, 1.807) is 6.92 Å². The second-order valence-electron chi connectivity index (χ2n) is 4.17. The zero-order valence-corrected chi connectivity index (χ0v) is 12.6. The number of aryl methyl sites for hydroxylation is 1. The molecule has 4 nitrogen and oxygen atoms in total. The lowest BCUT2D eigenvalue weighted by Crippen LogP contribution is -2.06. The molecule has 5 heteroatoms. The molecular weight excluding hydrogens is 274 g/mol. The van der Waals surface area contributed by atoms with Crippen LogP contribution in [-0.2, 0) is 11.2 Å². The van der Waals surface area contributed by atoms with Crippen LogP contribution in [0.1, 0.15) is 29.8 Å². The monoisotopic (exact) mass is 291 g/mol. The fraction of sp³-hybridized carbons (Fsp3) is 0.333. The zero-order valence-electron chi connectivity index (χ0n) is 11.8. The van der Waals surface area contributed by atoms with Gasteiger partial charge in [0, 0.05) is 17.1 Å². The molecule has 1 aromatic heterocycles. The van der Waals surface area contributed by atoms with E-state index in [1.165, 1.54) is 12.7 Å². The summed E-state index contributed by atoms with van der Waals surface area (Å²) >= 11 is 1.16. The van der Waals surface area contributed by atoms with Gasteiger partial charge in [-0.05, 0) is 18.9 Å². The van der Waals surface area contributed by atoms with Crippen molar-refractivity contribution in [3.63, 3.8) is 0 Å². The molecule has 106 valence electrons. The van der Waals surface area contributed by atoms with Gasteiger partial charge in [0.1, 0.15) is 11.3 Å². The molecule has 0 saturated heterocycles. The van der Waals surface area contributed by atoms with Crippen LogP contribution in [0.4, 0.5) is 0 Å². The van der Waals surface area contributed by atoms with Crippen LogP contribution in [0.3, 0.4) is 0 Å². The molecule has 0 aliphatic carbocycles. The standard InChI is InChI=1S/C15H17NO3S/c1-4-10-6-8-11(9-7-10)13-12(14(17)19-5-2)15(18-3)20-16-13/h6-9H,4-5H2,1-3H3. The molecule has 2 rings (SSSR count). The summed E-state index contributed by atoms with van der Waals surface area (Å²) in [5.74, 6) is -0.396. The SMILES string of the molecule is CCOC(=O)c1c(-c2ccc(CC)cc2)nsc1OC. The zero-order chi connectivity index (χ0) is 14.5. The predicted octanol–water partition coefficient (Wildman–Crippen LogP) is 3.56. The lowest BCUT2D eigenvalue weighted by atomic mass is 10.0. The van der Waals surface area contributed by atoms with Gasteiger partial charge in [-0.2, -0.15) is 4.37 Å². The minimum absolute atomic E-state index is 0.325. The van der Waals surface area contributed by atoms with Crippen LogP contribution < -0.4 is 4.74 Å². The van der Waals surface area contributed by atoms with E-state index in [9.17, 15) is 4.79 Å². The van der Waals surface area contributed by atoms with E-state index in [4.69, 9.17) is 9.47 Å². The number of hydrogen-bond acceptors (Lipinski definition) is 5.